The largest absolute Gasteiger partial charge is 0.505 e. The van der Waals surface area contributed by atoms with Crippen LogP contribution in [0.2, 0.25) is 0 Å². The minimum atomic E-state index is -0.594. The molecule has 0 aliphatic heterocycles. The van der Waals surface area contributed by atoms with Crippen molar-refractivity contribution in [1.29, 1.82) is 0 Å². The monoisotopic (exact) mass is 246 g/mol. The topological polar surface area (TPSA) is 45.1 Å². The number of pyridine rings is 1. The van der Waals surface area contributed by atoms with Gasteiger partial charge in [-0.05, 0) is 36.2 Å². The summed E-state index contributed by atoms with van der Waals surface area (Å²) in [5, 5.41) is 12.4. The van der Waals surface area contributed by atoms with E-state index in [1.165, 1.54) is 12.1 Å². The number of nitrogens with zero attached hydrogens (tertiary/aromatic N) is 1. The summed E-state index contributed by atoms with van der Waals surface area (Å²) in [7, 11) is 0. The first-order valence-corrected chi connectivity index (χ1v) is 5.77. The van der Waals surface area contributed by atoms with Crippen LogP contribution in [0.4, 0.5) is 4.39 Å². The summed E-state index contributed by atoms with van der Waals surface area (Å²) >= 11 is 0. The van der Waals surface area contributed by atoms with Gasteiger partial charge in [-0.3, -0.25) is 4.98 Å². The van der Waals surface area contributed by atoms with E-state index < -0.39 is 5.82 Å². The molecule has 0 spiro atoms. The molecule has 0 aliphatic carbocycles. The summed E-state index contributed by atoms with van der Waals surface area (Å²) in [5.41, 5.74) is 1.87. The van der Waals surface area contributed by atoms with Gasteiger partial charge in [0.15, 0.2) is 11.6 Å². The van der Waals surface area contributed by atoms with E-state index in [9.17, 15) is 4.39 Å². The number of phenols is 1. The molecule has 0 amide bonds. The average Bonchev–Trinajstić information content (AvgIpc) is 2.41. The van der Waals surface area contributed by atoms with Crippen LogP contribution < -0.4 is 5.32 Å². The van der Waals surface area contributed by atoms with E-state index in [-0.39, 0.29) is 11.8 Å². The van der Waals surface area contributed by atoms with Gasteiger partial charge in [-0.1, -0.05) is 12.1 Å². The lowest BCUT2D eigenvalue weighted by Crippen LogP contribution is -2.18. The molecule has 0 aliphatic rings. The number of nitrogens with one attached hydrogen (secondary N) is 1. The molecule has 0 fully saturated rings. The second-order valence-corrected chi connectivity index (χ2v) is 4.17. The number of rotatable bonds is 4. The lowest BCUT2D eigenvalue weighted by atomic mass is 10.1. The number of halogens is 1. The van der Waals surface area contributed by atoms with Crippen LogP contribution in [0.3, 0.4) is 0 Å². The molecule has 1 heterocycles. The summed E-state index contributed by atoms with van der Waals surface area (Å²) in [6.07, 6.45) is 3.53. The van der Waals surface area contributed by atoms with Crippen LogP contribution in [-0.2, 0) is 6.54 Å². The van der Waals surface area contributed by atoms with Gasteiger partial charge in [-0.25, -0.2) is 4.39 Å². The highest BCUT2D eigenvalue weighted by molar-refractivity contribution is 5.28. The third-order valence-electron chi connectivity index (χ3n) is 2.81. The van der Waals surface area contributed by atoms with Crippen LogP contribution in [0, 0.1) is 5.82 Å². The molecule has 2 aromatic rings. The maximum Gasteiger partial charge on any atom is 0.165 e. The summed E-state index contributed by atoms with van der Waals surface area (Å²) in [6, 6.07) is 8.40. The molecule has 1 aromatic carbocycles. The molecule has 0 saturated heterocycles. The van der Waals surface area contributed by atoms with Crippen molar-refractivity contribution < 1.29 is 9.50 Å². The standard InChI is InChI=1S/C14H15FN2O/c1-10(12-3-2-6-16-9-12)17-8-11-4-5-14(18)13(15)7-11/h2-7,9-10,17-18H,8H2,1H3/t10-/m1/s1. The normalized spacial score (nSPS) is 12.3. The van der Waals surface area contributed by atoms with Gasteiger partial charge in [0.2, 0.25) is 0 Å². The molecule has 3 nitrogen and oxygen atoms in total. The molecule has 94 valence electrons. The zero-order chi connectivity index (χ0) is 13.0. The van der Waals surface area contributed by atoms with Crippen molar-refractivity contribution in [3.8, 4) is 5.75 Å². The second kappa shape index (κ2) is 5.60. The van der Waals surface area contributed by atoms with Gasteiger partial charge in [0.05, 0.1) is 0 Å². The molecule has 1 atom stereocenters. The summed E-state index contributed by atoms with van der Waals surface area (Å²) in [4.78, 5) is 4.05. The van der Waals surface area contributed by atoms with Crippen molar-refractivity contribution in [3.05, 3.63) is 59.7 Å². The minimum Gasteiger partial charge on any atom is -0.505 e. The zero-order valence-corrected chi connectivity index (χ0v) is 10.1. The highest BCUT2D eigenvalue weighted by Crippen LogP contribution is 2.17. The van der Waals surface area contributed by atoms with E-state index in [1.54, 1.807) is 18.5 Å². The predicted molar refractivity (Wildman–Crippen MR) is 67.6 cm³/mol. The third kappa shape index (κ3) is 3.05. The maximum absolute atomic E-state index is 13.1. The SMILES string of the molecule is C[C@@H](NCc1ccc(O)c(F)c1)c1cccnc1. The van der Waals surface area contributed by atoms with Crippen molar-refractivity contribution in [2.24, 2.45) is 0 Å². The fraction of sp³-hybridized carbons (Fsp3) is 0.214. The maximum atomic E-state index is 13.1. The smallest absolute Gasteiger partial charge is 0.165 e. The van der Waals surface area contributed by atoms with Crippen molar-refractivity contribution in [3.63, 3.8) is 0 Å². The summed E-state index contributed by atoms with van der Waals surface area (Å²) in [6.45, 7) is 2.56. The minimum absolute atomic E-state index is 0.135. The average molecular weight is 246 g/mol. The Kier molecular flexibility index (Phi) is 3.89. The first-order chi connectivity index (χ1) is 8.66. The van der Waals surface area contributed by atoms with E-state index in [0.717, 1.165) is 11.1 Å². The van der Waals surface area contributed by atoms with Gasteiger partial charge in [0, 0.05) is 25.0 Å². The number of hydrogen-bond acceptors (Lipinski definition) is 3. The first-order valence-electron chi connectivity index (χ1n) is 5.77. The molecule has 4 heteroatoms. The van der Waals surface area contributed by atoms with Gasteiger partial charge in [0.1, 0.15) is 0 Å². The fourth-order valence-corrected chi connectivity index (χ4v) is 1.68. The molecular formula is C14H15FN2O. The molecule has 0 radical (unpaired) electrons. The van der Waals surface area contributed by atoms with Crippen molar-refractivity contribution in [2.45, 2.75) is 19.5 Å². The Morgan fingerprint density at radius 1 is 1.39 bits per heavy atom. The molecule has 0 unspecified atom stereocenters. The van der Waals surface area contributed by atoms with E-state index in [4.69, 9.17) is 5.11 Å². The second-order valence-electron chi connectivity index (χ2n) is 4.17. The Balaban J connectivity index is 1.97. The van der Waals surface area contributed by atoms with Gasteiger partial charge >= 0.3 is 0 Å². The van der Waals surface area contributed by atoms with Crippen LogP contribution in [0.25, 0.3) is 0 Å². The Morgan fingerprint density at radius 2 is 2.22 bits per heavy atom. The van der Waals surface area contributed by atoms with E-state index in [2.05, 4.69) is 10.3 Å². The van der Waals surface area contributed by atoms with E-state index in [0.29, 0.717) is 6.54 Å². The van der Waals surface area contributed by atoms with Gasteiger partial charge in [-0.15, -0.1) is 0 Å². The molecule has 0 saturated carbocycles. The number of aromatic hydroxyl groups is 1. The Morgan fingerprint density at radius 3 is 2.89 bits per heavy atom. The van der Waals surface area contributed by atoms with Crippen LogP contribution in [0.1, 0.15) is 24.1 Å². The molecular weight excluding hydrogens is 231 g/mol. The molecule has 2 N–H and O–H groups in total. The predicted octanol–water partition coefficient (Wildman–Crippen LogP) is 2.78. The van der Waals surface area contributed by atoms with Crippen LogP contribution in [0.5, 0.6) is 5.75 Å². The zero-order valence-electron chi connectivity index (χ0n) is 10.1. The van der Waals surface area contributed by atoms with Gasteiger partial charge in [-0.2, -0.15) is 0 Å². The van der Waals surface area contributed by atoms with Crippen LogP contribution in [0.15, 0.2) is 42.7 Å². The van der Waals surface area contributed by atoms with Crippen LogP contribution >= 0.6 is 0 Å². The number of benzene rings is 1. The Labute approximate surface area is 105 Å². The first kappa shape index (κ1) is 12.5. The Bertz CT molecular complexity index is 516. The van der Waals surface area contributed by atoms with Crippen LogP contribution in [-0.4, -0.2) is 10.1 Å². The van der Waals surface area contributed by atoms with Crippen molar-refractivity contribution >= 4 is 0 Å². The van der Waals surface area contributed by atoms with E-state index >= 15 is 0 Å². The molecule has 18 heavy (non-hydrogen) atoms. The highest BCUT2D eigenvalue weighted by Gasteiger charge is 2.06. The van der Waals surface area contributed by atoms with Crippen molar-refractivity contribution in [2.75, 3.05) is 0 Å². The highest BCUT2D eigenvalue weighted by atomic mass is 19.1. The summed E-state index contributed by atoms with van der Waals surface area (Å²) < 4.78 is 13.1. The third-order valence-corrected chi connectivity index (χ3v) is 2.81. The quantitative estimate of drug-likeness (QED) is 0.872. The number of hydrogen-bond donors (Lipinski definition) is 2. The number of aromatic nitrogens is 1. The lowest BCUT2D eigenvalue weighted by Gasteiger charge is -2.13. The van der Waals surface area contributed by atoms with Gasteiger partial charge in [0.25, 0.3) is 0 Å². The lowest BCUT2D eigenvalue weighted by molar-refractivity contribution is 0.431. The van der Waals surface area contributed by atoms with Gasteiger partial charge < -0.3 is 10.4 Å². The fourth-order valence-electron chi connectivity index (χ4n) is 1.68. The summed E-state index contributed by atoms with van der Waals surface area (Å²) in [5.74, 6) is -0.914. The molecule has 1 aromatic heterocycles. The molecule has 2 rings (SSSR count). The van der Waals surface area contributed by atoms with Crippen molar-refractivity contribution in [1.82, 2.24) is 10.3 Å². The Hall–Kier alpha value is -1.94. The molecule has 0 bridgehead atoms. The number of phenolic OH excluding ortho intramolecular Hbond substituents is 1. The van der Waals surface area contributed by atoms with E-state index in [1.807, 2.05) is 19.1 Å².